The highest BCUT2D eigenvalue weighted by Gasteiger charge is 1.93. The van der Waals surface area contributed by atoms with Gasteiger partial charge in [-0.1, -0.05) is 90.4 Å². The molecule has 0 radical (unpaired) electrons. The first kappa shape index (κ1) is 22.8. The predicted octanol–water partition coefficient (Wildman–Crippen LogP) is 6.85. The number of alkyl halides is 2. The number of halogens is 2. The summed E-state index contributed by atoms with van der Waals surface area (Å²) in [6, 6.07) is 0. The Balaban J connectivity index is 0. The molecule has 0 fully saturated rings. The van der Waals surface area contributed by atoms with Gasteiger partial charge in [0.05, 0.1) is 5.34 Å². The summed E-state index contributed by atoms with van der Waals surface area (Å²) in [5, 5.41) is 0.194. The lowest BCUT2D eigenvalue weighted by Gasteiger charge is -2.02. The zero-order valence-electron chi connectivity index (χ0n) is 13.6. The van der Waals surface area contributed by atoms with Crippen LogP contribution in [0.1, 0.15) is 96.8 Å². The maximum absolute atomic E-state index is 5.47. The van der Waals surface area contributed by atoms with Crippen LogP contribution < -0.4 is 5.73 Å². The highest BCUT2D eigenvalue weighted by Crippen LogP contribution is 2.12. The van der Waals surface area contributed by atoms with Crippen LogP contribution >= 0.6 is 23.2 Å². The van der Waals surface area contributed by atoms with Gasteiger partial charge in [0.15, 0.2) is 0 Å². The summed E-state index contributed by atoms with van der Waals surface area (Å²) in [5.41, 5.74) is 5.47. The van der Waals surface area contributed by atoms with Crippen LogP contribution in [0.3, 0.4) is 0 Å². The van der Waals surface area contributed by atoms with Crippen LogP contribution in [0.25, 0.3) is 0 Å². The SMILES string of the molecule is CCCCCCCCCCCCCCCCN.ClCCl. The van der Waals surface area contributed by atoms with Crippen LogP contribution in [-0.4, -0.2) is 11.9 Å². The van der Waals surface area contributed by atoms with Gasteiger partial charge in [-0.05, 0) is 13.0 Å². The second kappa shape index (κ2) is 24.6. The van der Waals surface area contributed by atoms with Gasteiger partial charge in [0.25, 0.3) is 0 Å². The Hall–Kier alpha value is 0.540. The number of hydrogen-bond acceptors (Lipinski definition) is 1. The van der Waals surface area contributed by atoms with Crippen molar-refractivity contribution >= 4 is 23.2 Å². The van der Waals surface area contributed by atoms with E-state index in [0.29, 0.717) is 0 Å². The van der Waals surface area contributed by atoms with Crippen LogP contribution in [-0.2, 0) is 0 Å². The summed E-state index contributed by atoms with van der Waals surface area (Å²) in [6.07, 6.45) is 19.9. The van der Waals surface area contributed by atoms with E-state index in [2.05, 4.69) is 6.92 Å². The Labute approximate surface area is 138 Å². The monoisotopic (exact) mass is 325 g/mol. The van der Waals surface area contributed by atoms with Crippen molar-refractivity contribution in [3.63, 3.8) is 0 Å². The van der Waals surface area contributed by atoms with E-state index in [1.165, 1.54) is 89.9 Å². The third-order valence-corrected chi connectivity index (χ3v) is 3.56. The normalized spacial score (nSPS) is 10.2. The van der Waals surface area contributed by atoms with Crippen molar-refractivity contribution in [3.8, 4) is 0 Å². The minimum Gasteiger partial charge on any atom is -0.330 e. The molecule has 0 aromatic rings. The molecule has 0 aliphatic heterocycles. The van der Waals surface area contributed by atoms with Gasteiger partial charge in [-0.2, -0.15) is 0 Å². The van der Waals surface area contributed by atoms with Gasteiger partial charge in [-0.15, -0.1) is 23.2 Å². The van der Waals surface area contributed by atoms with Gasteiger partial charge >= 0.3 is 0 Å². The second-order valence-electron chi connectivity index (χ2n) is 5.49. The quantitative estimate of drug-likeness (QED) is 0.274. The van der Waals surface area contributed by atoms with Crippen molar-refractivity contribution in [1.29, 1.82) is 0 Å². The molecule has 0 aliphatic carbocycles. The zero-order valence-corrected chi connectivity index (χ0v) is 15.2. The van der Waals surface area contributed by atoms with Gasteiger partial charge in [-0.25, -0.2) is 0 Å². The molecule has 20 heavy (non-hydrogen) atoms. The van der Waals surface area contributed by atoms with E-state index in [4.69, 9.17) is 28.9 Å². The molecule has 2 N–H and O–H groups in total. The van der Waals surface area contributed by atoms with Crippen LogP contribution in [0.2, 0.25) is 0 Å². The second-order valence-corrected chi connectivity index (χ2v) is 6.29. The van der Waals surface area contributed by atoms with Crippen LogP contribution in [0, 0.1) is 0 Å². The number of nitrogens with two attached hydrogens (primary N) is 1. The molecule has 0 spiro atoms. The highest BCUT2D eigenvalue weighted by atomic mass is 35.5. The molecule has 0 unspecified atom stereocenters. The summed E-state index contributed by atoms with van der Waals surface area (Å²) >= 11 is 9.53. The average molecular weight is 326 g/mol. The fourth-order valence-electron chi connectivity index (χ4n) is 2.34. The lowest BCUT2D eigenvalue weighted by molar-refractivity contribution is 0.536. The Bertz CT molecular complexity index is 129. The molecule has 0 rings (SSSR count). The first-order chi connectivity index (χ1) is 9.83. The van der Waals surface area contributed by atoms with Crippen molar-refractivity contribution in [1.82, 2.24) is 0 Å². The molecule has 0 saturated carbocycles. The molecule has 0 aromatic carbocycles. The van der Waals surface area contributed by atoms with Crippen LogP contribution in [0.4, 0.5) is 0 Å². The van der Waals surface area contributed by atoms with E-state index in [0.717, 1.165) is 6.54 Å². The fraction of sp³-hybridized carbons (Fsp3) is 1.00. The maximum atomic E-state index is 5.47. The standard InChI is InChI=1S/C16H35N.CH2Cl2/c1-2-3-4-5-6-7-8-9-10-11-12-13-14-15-16-17;2-1-3/h2-17H2,1H3;1H2. The summed E-state index contributed by atoms with van der Waals surface area (Å²) in [6.45, 7) is 3.16. The topological polar surface area (TPSA) is 26.0 Å². The molecular weight excluding hydrogens is 289 g/mol. The Morgan fingerprint density at radius 1 is 0.550 bits per heavy atom. The minimum absolute atomic E-state index is 0.194. The van der Waals surface area contributed by atoms with Crippen molar-refractivity contribution in [2.24, 2.45) is 5.73 Å². The Kier molecular flexibility index (Phi) is 28.0. The first-order valence-corrected chi connectivity index (χ1v) is 9.72. The molecule has 0 saturated heterocycles. The molecule has 124 valence electrons. The Morgan fingerprint density at radius 3 is 1.05 bits per heavy atom. The highest BCUT2D eigenvalue weighted by molar-refractivity contribution is 6.40. The zero-order chi connectivity index (χ0) is 15.3. The molecule has 0 atom stereocenters. The molecular formula is C17H37Cl2N. The summed E-state index contributed by atoms with van der Waals surface area (Å²) < 4.78 is 0. The average Bonchev–Trinajstić information content (AvgIpc) is 2.45. The van der Waals surface area contributed by atoms with E-state index >= 15 is 0 Å². The number of unbranched alkanes of at least 4 members (excludes halogenated alkanes) is 13. The van der Waals surface area contributed by atoms with Gasteiger partial charge in [-0.3, -0.25) is 0 Å². The lowest BCUT2D eigenvalue weighted by Crippen LogP contribution is -1.97. The number of hydrogen-bond donors (Lipinski definition) is 1. The molecule has 1 nitrogen and oxygen atoms in total. The maximum Gasteiger partial charge on any atom is 0.0967 e. The Morgan fingerprint density at radius 2 is 0.800 bits per heavy atom. The van der Waals surface area contributed by atoms with Gasteiger partial charge < -0.3 is 5.73 Å². The molecule has 0 heterocycles. The molecule has 0 bridgehead atoms. The molecule has 0 aromatic heterocycles. The fourth-order valence-corrected chi connectivity index (χ4v) is 2.34. The van der Waals surface area contributed by atoms with E-state index < -0.39 is 0 Å². The molecule has 0 amide bonds. The van der Waals surface area contributed by atoms with E-state index in [-0.39, 0.29) is 5.34 Å². The van der Waals surface area contributed by atoms with Gasteiger partial charge in [0, 0.05) is 0 Å². The third kappa shape index (κ3) is 27.0. The van der Waals surface area contributed by atoms with Crippen molar-refractivity contribution in [2.45, 2.75) is 96.8 Å². The molecule has 0 aliphatic rings. The van der Waals surface area contributed by atoms with Crippen molar-refractivity contribution in [2.75, 3.05) is 11.9 Å². The van der Waals surface area contributed by atoms with Crippen LogP contribution in [0.15, 0.2) is 0 Å². The van der Waals surface area contributed by atoms with Crippen molar-refractivity contribution in [3.05, 3.63) is 0 Å². The largest absolute Gasteiger partial charge is 0.330 e. The first-order valence-electron chi connectivity index (χ1n) is 8.65. The van der Waals surface area contributed by atoms with Crippen molar-refractivity contribution < 1.29 is 0 Å². The lowest BCUT2D eigenvalue weighted by atomic mass is 10.0. The third-order valence-electron chi connectivity index (χ3n) is 3.56. The van der Waals surface area contributed by atoms with E-state index in [1.807, 2.05) is 0 Å². The smallest absolute Gasteiger partial charge is 0.0967 e. The molecule has 3 heteroatoms. The summed E-state index contributed by atoms with van der Waals surface area (Å²) in [4.78, 5) is 0. The van der Waals surface area contributed by atoms with Crippen LogP contribution in [0.5, 0.6) is 0 Å². The summed E-state index contributed by atoms with van der Waals surface area (Å²) in [7, 11) is 0. The number of rotatable bonds is 14. The minimum atomic E-state index is 0.194. The van der Waals surface area contributed by atoms with E-state index in [9.17, 15) is 0 Å². The van der Waals surface area contributed by atoms with E-state index in [1.54, 1.807) is 0 Å². The predicted molar refractivity (Wildman–Crippen MR) is 95.9 cm³/mol. The van der Waals surface area contributed by atoms with Gasteiger partial charge in [0.1, 0.15) is 0 Å². The summed E-state index contributed by atoms with van der Waals surface area (Å²) in [5.74, 6) is 0. The van der Waals surface area contributed by atoms with Gasteiger partial charge in [0.2, 0.25) is 0 Å².